The monoisotopic (exact) mass is 316 g/mol. The zero-order chi connectivity index (χ0) is 16.5. The summed E-state index contributed by atoms with van der Waals surface area (Å²) in [6, 6.07) is 9.88. The van der Waals surface area contributed by atoms with Crippen LogP contribution in [0.15, 0.2) is 30.3 Å². The first-order valence-corrected chi connectivity index (χ1v) is 7.66. The predicted molar refractivity (Wildman–Crippen MR) is 92.1 cm³/mol. The Hall–Kier alpha value is -2.34. The molecule has 1 aromatic carbocycles. The summed E-state index contributed by atoms with van der Waals surface area (Å²) in [5, 5.41) is 6.61. The Morgan fingerprint density at radius 1 is 1.00 bits per heavy atom. The van der Waals surface area contributed by atoms with Gasteiger partial charge >= 0.3 is 0 Å². The maximum Gasteiger partial charge on any atom is 0.132 e. The molecule has 0 saturated heterocycles. The van der Waals surface area contributed by atoms with Gasteiger partial charge in [-0.15, -0.1) is 0 Å². The molecule has 0 spiro atoms. The minimum atomic E-state index is 0.698. The third kappa shape index (κ3) is 5.75. The fourth-order valence-corrected chi connectivity index (χ4v) is 2.12. The summed E-state index contributed by atoms with van der Waals surface area (Å²) in [7, 11) is 3.37. The molecule has 23 heavy (non-hydrogen) atoms. The van der Waals surface area contributed by atoms with Crippen molar-refractivity contribution in [3.8, 4) is 5.75 Å². The van der Waals surface area contributed by atoms with Gasteiger partial charge in [0.25, 0.3) is 0 Å². The molecule has 0 atom stereocenters. The van der Waals surface area contributed by atoms with Crippen LogP contribution in [-0.4, -0.2) is 37.3 Å². The Balaban J connectivity index is 1.92. The van der Waals surface area contributed by atoms with Gasteiger partial charge in [0, 0.05) is 32.9 Å². The molecule has 0 saturated carbocycles. The third-order valence-electron chi connectivity index (χ3n) is 3.30. The summed E-state index contributed by atoms with van der Waals surface area (Å²) in [5.74, 6) is 3.22. The van der Waals surface area contributed by atoms with Gasteiger partial charge in [0.1, 0.15) is 23.2 Å². The fraction of sp³-hybridized carbons (Fsp3) is 0.412. The van der Waals surface area contributed by atoms with Gasteiger partial charge in [-0.3, -0.25) is 0 Å². The second-order valence-corrected chi connectivity index (χ2v) is 5.16. The van der Waals surface area contributed by atoms with Crippen LogP contribution in [-0.2, 0) is 11.3 Å². The number of methoxy groups -OCH3 is 2. The van der Waals surface area contributed by atoms with Crippen LogP contribution in [0.4, 0.5) is 11.6 Å². The Morgan fingerprint density at radius 2 is 1.70 bits per heavy atom. The highest BCUT2D eigenvalue weighted by molar-refractivity contribution is 5.48. The van der Waals surface area contributed by atoms with Crippen molar-refractivity contribution in [2.45, 2.75) is 19.9 Å². The van der Waals surface area contributed by atoms with Crippen LogP contribution in [0.5, 0.6) is 5.75 Å². The summed E-state index contributed by atoms with van der Waals surface area (Å²) in [5.41, 5.74) is 1.16. The molecule has 1 aromatic heterocycles. The zero-order valence-electron chi connectivity index (χ0n) is 13.9. The van der Waals surface area contributed by atoms with Crippen molar-refractivity contribution in [2.75, 3.05) is 38.0 Å². The van der Waals surface area contributed by atoms with Gasteiger partial charge in [0.2, 0.25) is 0 Å². The van der Waals surface area contributed by atoms with Crippen LogP contribution in [0.25, 0.3) is 0 Å². The number of nitrogens with zero attached hydrogens (tertiary/aromatic N) is 2. The minimum Gasteiger partial charge on any atom is -0.497 e. The first-order chi connectivity index (χ1) is 11.2. The molecule has 1 heterocycles. The second-order valence-electron chi connectivity index (χ2n) is 5.16. The number of nitrogens with one attached hydrogen (secondary N) is 2. The SMILES string of the molecule is COCCCNc1cc(NCc2ccc(OC)cc2)nc(C)n1. The number of aryl methyl sites for hydroxylation is 1. The number of anilines is 2. The van der Waals surface area contributed by atoms with Crippen molar-refractivity contribution in [2.24, 2.45) is 0 Å². The number of hydrogen-bond donors (Lipinski definition) is 2. The van der Waals surface area contributed by atoms with E-state index in [1.54, 1.807) is 14.2 Å². The van der Waals surface area contributed by atoms with Gasteiger partial charge in [0.15, 0.2) is 0 Å². The molecule has 0 bridgehead atoms. The molecule has 0 aliphatic carbocycles. The molecule has 124 valence electrons. The van der Waals surface area contributed by atoms with E-state index in [1.165, 1.54) is 0 Å². The highest BCUT2D eigenvalue weighted by Gasteiger charge is 2.02. The van der Waals surface area contributed by atoms with Crippen molar-refractivity contribution in [1.29, 1.82) is 0 Å². The number of hydrogen-bond acceptors (Lipinski definition) is 6. The van der Waals surface area contributed by atoms with E-state index < -0.39 is 0 Å². The summed E-state index contributed by atoms with van der Waals surface area (Å²) in [4.78, 5) is 8.81. The molecule has 6 heteroatoms. The van der Waals surface area contributed by atoms with E-state index in [0.29, 0.717) is 6.54 Å². The summed E-state index contributed by atoms with van der Waals surface area (Å²) < 4.78 is 10.2. The summed E-state index contributed by atoms with van der Waals surface area (Å²) >= 11 is 0. The molecular weight excluding hydrogens is 292 g/mol. The van der Waals surface area contributed by atoms with Gasteiger partial charge in [-0.2, -0.15) is 0 Å². The van der Waals surface area contributed by atoms with E-state index in [-0.39, 0.29) is 0 Å². The molecule has 2 rings (SSSR count). The van der Waals surface area contributed by atoms with E-state index in [2.05, 4.69) is 20.6 Å². The Labute approximate surface area is 137 Å². The van der Waals surface area contributed by atoms with E-state index >= 15 is 0 Å². The zero-order valence-corrected chi connectivity index (χ0v) is 13.9. The van der Waals surface area contributed by atoms with Crippen LogP contribution in [0, 0.1) is 6.92 Å². The van der Waals surface area contributed by atoms with Crippen molar-refractivity contribution in [3.05, 3.63) is 41.7 Å². The fourth-order valence-electron chi connectivity index (χ4n) is 2.12. The molecular formula is C17H24N4O2. The summed E-state index contributed by atoms with van der Waals surface area (Å²) in [6.45, 7) is 4.14. The van der Waals surface area contributed by atoms with Crippen molar-refractivity contribution >= 4 is 11.6 Å². The van der Waals surface area contributed by atoms with Gasteiger partial charge in [-0.05, 0) is 31.0 Å². The predicted octanol–water partition coefficient (Wildman–Crippen LogP) is 2.85. The average Bonchev–Trinajstić information content (AvgIpc) is 2.57. The first-order valence-electron chi connectivity index (χ1n) is 7.66. The number of aromatic nitrogens is 2. The number of ether oxygens (including phenoxy) is 2. The third-order valence-corrected chi connectivity index (χ3v) is 3.30. The van der Waals surface area contributed by atoms with Gasteiger partial charge in [-0.1, -0.05) is 12.1 Å². The number of rotatable bonds is 9. The molecule has 0 unspecified atom stereocenters. The molecule has 2 aromatic rings. The maximum absolute atomic E-state index is 5.16. The van der Waals surface area contributed by atoms with Gasteiger partial charge in [-0.25, -0.2) is 9.97 Å². The highest BCUT2D eigenvalue weighted by atomic mass is 16.5. The van der Waals surface area contributed by atoms with E-state index in [4.69, 9.17) is 9.47 Å². The van der Waals surface area contributed by atoms with E-state index in [0.717, 1.165) is 48.3 Å². The molecule has 0 aliphatic heterocycles. The van der Waals surface area contributed by atoms with Crippen LogP contribution >= 0.6 is 0 Å². The average molecular weight is 316 g/mol. The molecule has 0 aliphatic rings. The van der Waals surface area contributed by atoms with E-state index in [1.807, 2.05) is 37.3 Å². The smallest absolute Gasteiger partial charge is 0.132 e. The molecule has 6 nitrogen and oxygen atoms in total. The van der Waals surface area contributed by atoms with Crippen molar-refractivity contribution in [1.82, 2.24) is 9.97 Å². The Kier molecular flexibility index (Phi) is 6.62. The summed E-state index contributed by atoms with van der Waals surface area (Å²) in [6.07, 6.45) is 0.939. The van der Waals surface area contributed by atoms with E-state index in [9.17, 15) is 0 Å². The standard InChI is InChI=1S/C17H24N4O2/c1-13-20-16(18-9-4-10-22-2)11-17(21-13)19-12-14-5-7-15(23-3)8-6-14/h5-8,11H,4,9-10,12H2,1-3H3,(H2,18,19,20,21). The van der Waals surface area contributed by atoms with Crippen molar-refractivity contribution < 1.29 is 9.47 Å². The van der Waals surface area contributed by atoms with Crippen LogP contribution < -0.4 is 15.4 Å². The lowest BCUT2D eigenvalue weighted by molar-refractivity contribution is 0.198. The molecule has 2 N–H and O–H groups in total. The lowest BCUT2D eigenvalue weighted by atomic mass is 10.2. The topological polar surface area (TPSA) is 68.3 Å². The lowest BCUT2D eigenvalue weighted by Crippen LogP contribution is -2.09. The van der Waals surface area contributed by atoms with Crippen LogP contribution in [0.3, 0.4) is 0 Å². The van der Waals surface area contributed by atoms with Crippen LogP contribution in [0.1, 0.15) is 17.8 Å². The quantitative estimate of drug-likeness (QED) is 0.693. The highest BCUT2D eigenvalue weighted by Crippen LogP contribution is 2.15. The molecule has 0 fully saturated rings. The van der Waals surface area contributed by atoms with Crippen LogP contribution in [0.2, 0.25) is 0 Å². The molecule has 0 radical (unpaired) electrons. The normalized spacial score (nSPS) is 10.4. The van der Waals surface area contributed by atoms with Gasteiger partial charge < -0.3 is 20.1 Å². The Bertz CT molecular complexity index is 602. The maximum atomic E-state index is 5.16. The largest absolute Gasteiger partial charge is 0.497 e. The Morgan fingerprint density at radius 3 is 2.35 bits per heavy atom. The molecule has 0 amide bonds. The lowest BCUT2D eigenvalue weighted by Gasteiger charge is -2.10. The minimum absolute atomic E-state index is 0.698. The second kappa shape index (κ2) is 8.95. The number of benzene rings is 1. The first kappa shape index (κ1) is 17.0. The van der Waals surface area contributed by atoms with Gasteiger partial charge in [0.05, 0.1) is 7.11 Å². The van der Waals surface area contributed by atoms with Crippen molar-refractivity contribution in [3.63, 3.8) is 0 Å².